The van der Waals surface area contributed by atoms with Gasteiger partial charge in [-0.25, -0.2) is 15.0 Å². The number of carbonyl (C=O) groups is 1. The molecular weight excluding hydrogens is 344 g/mol. The number of hydrogen-bond donors (Lipinski definition) is 0. The third-order valence-electron chi connectivity index (χ3n) is 5.44. The van der Waals surface area contributed by atoms with Crippen LogP contribution in [-0.2, 0) is 26.9 Å². The molecule has 0 bridgehead atoms. The highest BCUT2D eigenvalue weighted by Crippen LogP contribution is 2.20. The van der Waals surface area contributed by atoms with Gasteiger partial charge in [0, 0.05) is 45.4 Å². The number of fused-ring (bicyclic) bond motifs is 2. The minimum atomic E-state index is -0.0816. The third-order valence-corrected chi connectivity index (χ3v) is 5.44. The van der Waals surface area contributed by atoms with Gasteiger partial charge in [0.15, 0.2) is 5.65 Å². The van der Waals surface area contributed by atoms with Crippen LogP contribution in [0.25, 0.3) is 11.2 Å². The molecule has 140 valence electrons. The normalized spacial score (nSPS) is 14.3. The number of pyridine rings is 1. The molecule has 8 nitrogen and oxygen atoms in total. The van der Waals surface area contributed by atoms with E-state index >= 15 is 0 Å². The van der Waals surface area contributed by atoms with E-state index in [1.54, 1.807) is 28.8 Å². The van der Waals surface area contributed by atoms with Crippen molar-refractivity contribution in [1.82, 2.24) is 29.0 Å². The molecule has 0 radical (unpaired) electrons. The molecule has 0 spiro atoms. The molecule has 1 aliphatic rings. The number of rotatable bonds is 1. The lowest BCUT2D eigenvalue weighted by molar-refractivity contribution is 0.0764. The van der Waals surface area contributed by atoms with Gasteiger partial charge in [-0.05, 0) is 26.3 Å². The Hall–Kier alpha value is -3.03. The Balaban J connectivity index is 1.68. The molecule has 0 aliphatic carbocycles. The Bertz CT molecular complexity index is 1130. The second-order valence-electron chi connectivity index (χ2n) is 6.99. The van der Waals surface area contributed by atoms with Crippen LogP contribution in [0, 0.1) is 13.8 Å². The molecule has 1 amide bonds. The molecule has 8 heteroatoms. The molecule has 3 aromatic heterocycles. The summed E-state index contributed by atoms with van der Waals surface area (Å²) in [6.07, 6.45) is 2.73. The second kappa shape index (κ2) is 6.29. The molecule has 0 saturated heterocycles. The Morgan fingerprint density at radius 2 is 1.74 bits per heavy atom. The van der Waals surface area contributed by atoms with Crippen molar-refractivity contribution in [3.05, 3.63) is 51.1 Å². The van der Waals surface area contributed by atoms with Crippen molar-refractivity contribution in [2.75, 3.05) is 13.1 Å². The van der Waals surface area contributed by atoms with Crippen LogP contribution in [0.15, 0.2) is 17.1 Å². The summed E-state index contributed by atoms with van der Waals surface area (Å²) in [7, 11) is 3.62. The Morgan fingerprint density at radius 1 is 1.04 bits per heavy atom. The van der Waals surface area contributed by atoms with Gasteiger partial charge >= 0.3 is 0 Å². The van der Waals surface area contributed by atoms with E-state index in [0.29, 0.717) is 54.0 Å². The SMILES string of the molecule is Cc1nc2c(c(=O)n1C)CCN(C(=O)c1ccnc3c1nc(C)n3C)CC2. The summed E-state index contributed by atoms with van der Waals surface area (Å²) < 4.78 is 3.44. The van der Waals surface area contributed by atoms with Crippen molar-refractivity contribution in [3.8, 4) is 0 Å². The van der Waals surface area contributed by atoms with Gasteiger partial charge in [0.05, 0.1) is 11.3 Å². The molecule has 0 fully saturated rings. The van der Waals surface area contributed by atoms with Crippen molar-refractivity contribution >= 4 is 17.1 Å². The van der Waals surface area contributed by atoms with Gasteiger partial charge in [-0.1, -0.05) is 0 Å². The number of imidazole rings is 1. The molecule has 27 heavy (non-hydrogen) atoms. The lowest BCUT2D eigenvalue weighted by Crippen LogP contribution is -2.33. The highest BCUT2D eigenvalue weighted by Gasteiger charge is 2.25. The smallest absolute Gasteiger partial charge is 0.256 e. The maximum atomic E-state index is 13.2. The van der Waals surface area contributed by atoms with Crippen molar-refractivity contribution < 1.29 is 4.79 Å². The number of hydrogen-bond acceptors (Lipinski definition) is 5. The zero-order valence-corrected chi connectivity index (χ0v) is 16.0. The van der Waals surface area contributed by atoms with Crippen LogP contribution >= 0.6 is 0 Å². The maximum absolute atomic E-state index is 13.2. The topological polar surface area (TPSA) is 85.9 Å². The Kier molecular flexibility index (Phi) is 4.05. The summed E-state index contributed by atoms with van der Waals surface area (Å²) in [5.74, 6) is 1.42. The fourth-order valence-corrected chi connectivity index (χ4v) is 3.60. The summed E-state index contributed by atoms with van der Waals surface area (Å²) in [5.41, 5.74) is 3.37. The molecule has 0 unspecified atom stereocenters. The minimum Gasteiger partial charge on any atom is -0.338 e. The monoisotopic (exact) mass is 366 g/mol. The zero-order chi connectivity index (χ0) is 19.3. The first kappa shape index (κ1) is 17.4. The maximum Gasteiger partial charge on any atom is 0.256 e. The number of aryl methyl sites for hydroxylation is 3. The first-order chi connectivity index (χ1) is 12.9. The summed E-state index contributed by atoms with van der Waals surface area (Å²) in [5, 5.41) is 0. The van der Waals surface area contributed by atoms with Crippen molar-refractivity contribution in [1.29, 1.82) is 0 Å². The number of carbonyl (C=O) groups excluding carboxylic acids is 1. The van der Waals surface area contributed by atoms with E-state index in [2.05, 4.69) is 15.0 Å². The largest absolute Gasteiger partial charge is 0.338 e. The highest BCUT2D eigenvalue weighted by atomic mass is 16.2. The van der Waals surface area contributed by atoms with Crippen molar-refractivity contribution in [2.45, 2.75) is 26.7 Å². The van der Waals surface area contributed by atoms with E-state index in [-0.39, 0.29) is 11.5 Å². The van der Waals surface area contributed by atoms with Crippen molar-refractivity contribution in [2.24, 2.45) is 14.1 Å². The van der Waals surface area contributed by atoms with E-state index < -0.39 is 0 Å². The average molecular weight is 366 g/mol. The van der Waals surface area contributed by atoms with E-state index in [0.717, 1.165) is 11.5 Å². The molecule has 4 rings (SSSR count). The Labute approximate surface area is 156 Å². The second-order valence-corrected chi connectivity index (χ2v) is 6.99. The fourth-order valence-electron chi connectivity index (χ4n) is 3.60. The molecule has 1 aliphatic heterocycles. The quantitative estimate of drug-likeness (QED) is 0.639. The molecule has 0 aromatic carbocycles. The predicted octanol–water partition coefficient (Wildman–Crippen LogP) is 0.920. The zero-order valence-electron chi connectivity index (χ0n) is 16.0. The first-order valence-corrected chi connectivity index (χ1v) is 9.01. The van der Waals surface area contributed by atoms with Crippen LogP contribution in [0.3, 0.4) is 0 Å². The molecule has 0 saturated carbocycles. The van der Waals surface area contributed by atoms with Gasteiger partial charge in [0.1, 0.15) is 17.2 Å². The lowest BCUT2D eigenvalue weighted by atomic mass is 10.1. The van der Waals surface area contributed by atoms with Crippen LogP contribution in [0.1, 0.15) is 33.3 Å². The van der Waals surface area contributed by atoms with Gasteiger partial charge < -0.3 is 9.47 Å². The lowest BCUT2D eigenvalue weighted by Gasteiger charge is -2.20. The van der Waals surface area contributed by atoms with Crippen molar-refractivity contribution in [3.63, 3.8) is 0 Å². The highest BCUT2D eigenvalue weighted by molar-refractivity contribution is 6.04. The fraction of sp³-hybridized carbons (Fsp3) is 0.421. The van der Waals surface area contributed by atoms with Gasteiger partial charge in [-0.15, -0.1) is 0 Å². The van der Waals surface area contributed by atoms with Crippen LogP contribution in [0.2, 0.25) is 0 Å². The third kappa shape index (κ3) is 2.72. The molecule has 4 heterocycles. The van der Waals surface area contributed by atoms with Crippen LogP contribution in [0.5, 0.6) is 0 Å². The van der Waals surface area contributed by atoms with Crippen LogP contribution in [0.4, 0.5) is 0 Å². The van der Waals surface area contributed by atoms with E-state index in [1.165, 1.54) is 0 Å². The van der Waals surface area contributed by atoms with Crippen LogP contribution in [-0.4, -0.2) is 48.0 Å². The number of amides is 1. The summed E-state index contributed by atoms with van der Waals surface area (Å²) in [4.78, 5) is 41.0. The molecular formula is C19H22N6O2. The Morgan fingerprint density at radius 3 is 2.52 bits per heavy atom. The number of aromatic nitrogens is 5. The van der Waals surface area contributed by atoms with Gasteiger partial charge in [0.25, 0.3) is 11.5 Å². The standard InChI is InChI=1S/C19H22N6O2/c1-11-21-15-7-10-25(9-6-13(15)18(26)24(11)4)19(27)14-5-8-20-17-16(14)22-12(2)23(17)3/h5,8H,6-7,9-10H2,1-4H3. The van der Waals surface area contributed by atoms with E-state index in [4.69, 9.17) is 0 Å². The van der Waals surface area contributed by atoms with Crippen LogP contribution < -0.4 is 5.56 Å². The van der Waals surface area contributed by atoms with E-state index in [1.807, 2.05) is 25.5 Å². The van der Waals surface area contributed by atoms with Gasteiger partial charge in [0.2, 0.25) is 0 Å². The van der Waals surface area contributed by atoms with E-state index in [9.17, 15) is 9.59 Å². The summed E-state index contributed by atoms with van der Waals surface area (Å²) >= 11 is 0. The molecule has 0 N–H and O–H groups in total. The van der Waals surface area contributed by atoms with Gasteiger partial charge in [-0.2, -0.15) is 0 Å². The molecule has 0 atom stereocenters. The number of nitrogens with zero attached hydrogens (tertiary/aromatic N) is 6. The molecule has 3 aromatic rings. The van der Waals surface area contributed by atoms with Gasteiger partial charge in [-0.3, -0.25) is 14.2 Å². The predicted molar refractivity (Wildman–Crippen MR) is 101 cm³/mol. The average Bonchev–Trinajstić information content (AvgIpc) is 2.83. The summed E-state index contributed by atoms with van der Waals surface area (Å²) in [6, 6.07) is 1.72. The summed E-state index contributed by atoms with van der Waals surface area (Å²) in [6.45, 7) is 4.73. The minimum absolute atomic E-state index is 0.0153. The first-order valence-electron chi connectivity index (χ1n) is 9.01.